The number of nitrogens with one attached hydrogen (secondary N) is 2. The number of hydrogen-bond acceptors (Lipinski definition) is 4. The molecule has 0 saturated heterocycles. The van der Waals surface area contributed by atoms with Gasteiger partial charge in [-0.3, -0.25) is 15.6 Å². The maximum absolute atomic E-state index is 11.0. The fraction of sp³-hybridized carbons (Fsp3) is 0.0625. The number of para-hydroxylation sites is 1. The lowest BCUT2D eigenvalue weighted by molar-refractivity contribution is -0.118. The molecule has 3 rings (SSSR count). The van der Waals surface area contributed by atoms with Gasteiger partial charge in [0.05, 0.1) is 16.2 Å². The Morgan fingerprint density at radius 3 is 2.55 bits per heavy atom. The standard InChI is InChI=1S/C16H13ClN4O/c1-10(22)20-21-16-18-14(11-6-3-2-4-7-11)12-8-5-9-13(17)15(12)19-16/h2-9H,1H3,(H,20,22)(H,18,19,21). The number of halogens is 1. The summed E-state index contributed by atoms with van der Waals surface area (Å²) >= 11 is 6.25. The van der Waals surface area contributed by atoms with Crippen molar-refractivity contribution in [2.24, 2.45) is 0 Å². The minimum atomic E-state index is -0.232. The third kappa shape index (κ3) is 2.84. The van der Waals surface area contributed by atoms with Crippen molar-refractivity contribution in [2.75, 3.05) is 5.43 Å². The highest BCUT2D eigenvalue weighted by atomic mass is 35.5. The molecular weight excluding hydrogens is 300 g/mol. The summed E-state index contributed by atoms with van der Waals surface area (Å²) in [5.74, 6) is 0.0544. The van der Waals surface area contributed by atoms with Crippen LogP contribution in [0, 0.1) is 0 Å². The summed E-state index contributed by atoms with van der Waals surface area (Å²) in [6.07, 6.45) is 0. The molecule has 0 fully saturated rings. The Morgan fingerprint density at radius 2 is 1.82 bits per heavy atom. The largest absolute Gasteiger partial charge is 0.274 e. The summed E-state index contributed by atoms with van der Waals surface area (Å²) in [6, 6.07) is 15.3. The monoisotopic (exact) mass is 312 g/mol. The second kappa shape index (κ2) is 5.99. The normalized spacial score (nSPS) is 10.5. The Labute approximate surface area is 132 Å². The molecule has 0 atom stereocenters. The minimum absolute atomic E-state index is 0.232. The lowest BCUT2D eigenvalue weighted by Crippen LogP contribution is -2.27. The van der Waals surface area contributed by atoms with E-state index in [1.54, 1.807) is 6.07 Å². The Balaban J connectivity index is 2.20. The van der Waals surface area contributed by atoms with E-state index in [4.69, 9.17) is 11.6 Å². The van der Waals surface area contributed by atoms with Crippen LogP contribution in [-0.4, -0.2) is 15.9 Å². The minimum Gasteiger partial charge on any atom is -0.274 e. The van der Waals surface area contributed by atoms with Crippen molar-refractivity contribution in [3.8, 4) is 11.3 Å². The third-order valence-corrected chi connectivity index (χ3v) is 3.38. The Morgan fingerprint density at radius 1 is 1.05 bits per heavy atom. The number of nitrogens with zero attached hydrogens (tertiary/aromatic N) is 2. The van der Waals surface area contributed by atoms with E-state index >= 15 is 0 Å². The number of anilines is 1. The molecule has 0 aliphatic carbocycles. The Hall–Kier alpha value is -2.66. The van der Waals surface area contributed by atoms with Crippen molar-refractivity contribution in [3.05, 3.63) is 53.6 Å². The molecule has 22 heavy (non-hydrogen) atoms. The van der Waals surface area contributed by atoms with Gasteiger partial charge in [0.15, 0.2) is 0 Å². The number of benzene rings is 2. The van der Waals surface area contributed by atoms with Crippen molar-refractivity contribution >= 4 is 34.4 Å². The molecule has 2 N–H and O–H groups in total. The molecule has 110 valence electrons. The maximum atomic E-state index is 11.0. The molecule has 0 aliphatic rings. The van der Waals surface area contributed by atoms with E-state index in [9.17, 15) is 4.79 Å². The Bertz CT molecular complexity index is 836. The molecule has 1 aromatic heterocycles. The zero-order valence-electron chi connectivity index (χ0n) is 11.8. The predicted octanol–water partition coefficient (Wildman–Crippen LogP) is 3.41. The summed E-state index contributed by atoms with van der Waals surface area (Å²) in [7, 11) is 0. The lowest BCUT2D eigenvalue weighted by Gasteiger charge is -2.11. The van der Waals surface area contributed by atoms with Crippen LogP contribution in [0.5, 0.6) is 0 Å². The number of aromatic nitrogens is 2. The second-order valence-corrected chi connectivity index (χ2v) is 5.11. The van der Waals surface area contributed by atoms with Gasteiger partial charge in [-0.05, 0) is 6.07 Å². The van der Waals surface area contributed by atoms with Crippen molar-refractivity contribution < 1.29 is 4.79 Å². The van der Waals surface area contributed by atoms with E-state index < -0.39 is 0 Å². The number of fused-ring (bicyclic) bond motifs is 1. The van der Waals surface area contributed by atoms with Crippen LogP contribution < -0.4 is 10.9 Å². The van der Waals surface area contributed by atoms with Crippen molar-refractivity contribution in [1.29, 1.82) is 0 Å². The van der Waals surface area contributed by atoms with Gasteiger partial charge in [-0.2, -0.15) is 0 Å². The van der Waals surface area contributed by atoms with Gasteiger partial charge in [0.25, 0.3) is 0 Å². The molecule has 1 amide bonds. The average Bonchev–Trinajstić information content (AvgIpc) is 2.54. The summed E-state index contributed by atoms with van der Waals surface area (Å²) in [5.41, 5.74) is 7.49. The fourth-order valence-electron chi connectivity index (χ4n) is 2.13. The highest BCUT2D eigenvalue weighted by Crippen LogP contribution is 2.30. The number of carbonyl (C=O) groups excluding carboxylic acids is 1. The van der Waals surface area contributed by atoms with Gasteiger partial charge < -0.3 is 0 Å². The topological polar surface area (TPSA) is 66.9 Å². The molecule has 0 saturated carbocycles. The maximum Gasteiger partial charge on any atom is 0.243 e. The SMILES string of the molecule is CC(=O)NNc1nc(-c2ccccc2)c2cccc(Cl)c2n1. The molecule has 0 unspecified atom stereocenters. The molecule has 0 radical (unpaired) electrons. The van der Waals surface area contributed by atoms with E-state index in [0.717, 1.165) is 16.6 Å². The molecule has 1 heterocycles. The van der Waals surface area contributed by atoms with Crippen LogP contribution in [0.1, 0.15) is 6.92 Å². The zero-order valence-corrected chi connectivity index (χ0v) is 12.6. The molecule has 0 bridgehead atoms. The van der Waals surface area contributed by atoms with Crippen LogP contribution in [0.15, 0.2) is 48.5 Å². The molecular formula is C16H13ClN4O. The summed E-state index contributed by atoms with van der Waals surface area (Å²) in [5, 5.41) is 1.38. The summed E-state index contributed by atoms with van der Waals surface area (Å²) in [4.78, 5) is 19.9. The van der Waals surface area contributed by atoms with Gasteiger partial charge in [-0.15, -0.1) is 0 Å². The first kappa shape index (κ1) is 14.3. The van der Waals surface area contributed by atoms with Crippen LogP contribution in [0.2, 0.25) is 5.02 Å². The van der Waals surface area contributed by atoms with Crippen LogP contribution in [0.25, 0.3) is 22.2 Å². The first-order chi connectivity index (χ1) is 10.6. The van der Waals surface area contributed by atoms with Crippen LogP contribution in [-0.2, 0) is 4.79 Å². The lowest BCUT2D eigenvalue weighted by atomic mass is 10.1. The van der Waals surface area contributed by atoms with E-state index in [2.05, 4.69) is 20.8 Å². The van der Waals surface area contributed by atoms with Crippen molar-refractivity contribution in [3.63, 3.8) is 0 Å². The molecule has 5 nitrogen and oxygen atoms in total. The molecule has 0 aliphatic heterocycles. The van der Waals surface area contributed by atoms with Gasteiger partial charge >= 0.3 is 0 Å². The van der Waals surface area contributed by atoms with E-state index in [-0.39, 0.29) is 11.9 Å². The highest BCUT2D eigenvalue weighted by molar-refractivity contribution is 6.35. The third-order valence-electron chi connectivity index (χ3n) is 3.07. The first-order valence-electron chi connectivity index (χ1n) is 6.69. The van der Waals surface area contributed by atoms with Crippen molar-refractivity contribution in [1.82, 2.24) is 15.4 Å². The molecule has 2 aromatic carbocycles. The summed E-state index contributed by atoms with van der Waals surface area (Å²) in [6.45, 7) is 1.40. The number of hydrazine groups is 1. The second-order valence-electron chi connectivity index (χ2n) is 4.70. The van der Waals surface area contributed by atoms with Gasteiger partial charge in [0, 0.05) is 17.9 Å². The van der Waals surface area contributed by atoms with Gasteiger partial charge in [-0.25, -0.2) is 9.97 Å². The van der Waals surface area contributed by atoms with Gasteiger partial charge in [0.1, 0.15) is 0 Å². The summed E-state index contributed by atoms with van der Waals surface area (Å²) < 4.78 is 0. The van der Waals surface area contributed by atoms with E-state index in [1.165, 1.54) is 6.92 Å². The zero-order chi connectivity index (χ0) is 15.5. The van der Waals surface area contributed by atoms with Crippen LogP contribution >= 0.6 is 11.6 Å². The number of amides is 1. The quantitative estimate of drug-likeness (QED) is 0.727. The average molecular weight is 313 g/mol. The molecule has 3 aromatic rings. The predicted molar refractivity (Wildman–Crippen MR) is 87.4 cm³/mol. The van der Waals surface area contributed by atoms with Gasteiger partial charge in [-0.1, -0.05) is 54.1 Å². The van der Waals surface area contributed by atoms with Gasteiger partial charge in [0.2, 0.25) is 11.9 Å². The van der Waals surface area contributed by atoms with E-state index in [0.29, 0.717) is 10.5 Å². The Kier molecular flexibility index (Phi) is 3.89. The van der Waals surface area contributed by atoms with E-state index in [1.807, 2.05) is 42.5 Å². The number of rotatable bonds is 3. The molecule has 0 spiro atoms. The highest BCUT2D eigenvalue weighted by Gasteiger charge is 2.11. The van der Waals surface area contributed by atoms with Crippen LogP contribution in [0.3, 0.4) is 0 Å². The number of carbonyl (C=O) groups is 1. The van der Waals surface area contributed by atoms with Crippen LogP contribution in [0.4, 0.5) is 5.95 Å². The smallest absolute Gasteiger partial charge is 0.243 e. The molecule has 6 heteroatoms. The first-order valence-corrected chi connectivity index (χ1v) is 7.07. The fourth-order valence-corrected chi connectivity index (χ4v) is 2.35. The van der Waals surface area contributed by atoms with Crippen molar-refractivity contribution in [2.45, 2.75) is 6.92 Å². The number of hydrogen-bond donors (Lipinski definition) is 2.